The quantitative estimate of drug-likeness (QED) is 0.152. The summed E-state index contributed by atoms with van der Waals surface area (Å²) in [5.41, 5.74) is 18.4. The maximum atomic E-state index is 10.4. The van der Waals surface area contributed by atoms with Crippen molar-refractivity contribution in [3.8, 4) is 85.4 Å². The average Bonchev–Trinajstić information content (AvgIpc) is 4.36. The second-order valence-electron chi connectivity index (χ2n) is 20.0. The molecule has 0 unspecified atom stereocenters. The van der Waals surface area contributed by atoms with E-state index in [1.807, 2.05) is 72.8 Å². The van der Waals surface area contributed by atoms with Crippen LogP contribution in [0, 0.1) is 22.7 Å². The van der Waals surface area contributed by atoms with Gasteiger partial charge in [0.15, 0.2) is 5.82 Å². The fourth-order valence-corrected chi connectivity index (χ4v) is 12.0. The fraction of sp³-hybridized carbons (Fsp3) is 0. The smallest absolute Gasteiger partial charge is 0.160 e. The largest absolute Gasteiger partial charge is 0.309 e. The fourth-order valence-electron chi connectivity index (χ4n) is 12.0. The van der Waals surface area contributed by atoms with E-state index in [0.717, 1.165) is 111 Å². The molecule has 15 aromatic rings. The highest BCUT2D eigenvalue weighted by Gasteiger charge is 2.25. The van der Waals surface area contributed by atoms with Gasteiger partial charge in [-0.15, -0.1) is 0 Å². The van der Waals surface area contributed by atoms with Crippen molar-refractivity contribution in [2.24, 2.45) is 0 Å². The number of para-hydroxylation sites is 4. The van der Waals surface area contributed by atoms with Gasteiger partial charge in [0.1, 0.15) is 0 Å². The molecule has 0 saturated carbocycles. The normalized spacial score (nSPS) is 11.5. The van der Waals surface area contributed by atoms with Gasteiger partial charge in [0.2, 0.25) is 0 Å². The van der Waals surface area contributed by atoms with Crippen LogP contribution in [0.3, 0.4) is 0 Å². The Morgan fingerprint density at radius 3 is 1.05 bits per heavy atom. The van der Waals surface area contributed by atoms with Gasteiger partial charge in [-0.25, -0.2) is 9.97 Å². The van der Waals surface area contributed by atoms with Crippen molar-refractivity contribution in [2.75, 3.05) is 0 Å². The van der Waals surface area contributed by atoms with Gasteiger partial charge < -0.3 is 13.7 Å². The van der Waals surface area contributed by atoms with Crippen molar-refractivity contribution in [1.29, 1.82) is 10.5 Å². The molecule has 0 radical (unpaired) electrons. The topological polar surface area (TPSA) is 88.2 Å². The molecule has 4 heterocycles. The number of hydrogen-bond donors (Lipinski definition) is 0. The standard InChI is InChI=1S/C72H43N7/c73-44-46-33-35-69-61(37-46)62-38-47(45-74)34-36-70(62)79(69)71-59(50-21-15-23-53(39-50)77-65-29-11-7-25-55(65)56-26-8-12-30-66(56)77)41-52(72-75-63(48-17-3-1-4-18-48)43-64(76-72)49-19-5-2-6-20-49)42-60(71)51-22-16-24-54(40-51)78-67-31-13-9-27-57(67)58-28-10-14-32-68(58)78/h1-43H. The molecule has 366 valence electrons. The van der Waals surface area contributed by atoms with Crippen LogP contribution in [-0.4, -0.2) is 23.7 Å². The van der Waals surface area contributed by atoms with Crippen LogP contribution in [-0.2, 0) is 0 Å². The Morgan fingerprint density at radius 2 is 0.646 bits per heavy atom. The highest BCUT2D eigenvalue weighted by atomic mass is 15.0. The van der Waals surface area contributed by atoms with Gasteiger partial charge in [-0.05, 0) is 114 Å². The van der Waals surface area contributed by atoms with Crippen molar-refractivity contribution in [2.45, 2.75) is 0 Å². The molecule has 0 amide bonds. The van der Waals surface area contributed by atoms with Crippen molar-refractivity contribution in [1.82, 2.24) is 23.7 Å². The molecule has 7 heteroatoms. The summed E-state index contributed by atoms with van der Waals surface area (Å²) >= 11 is 0. The summed E-state index contributed by atoms with van der Waals surface area (Å²) in [6.07, 6.45) is 0. The number of nitrogens with zero attached hydrogens (tertiary/aromatic N) is 7. The molecular weight excluding hydrogens is 963 g/mol. The lowest BCUT2D eigenvalue weighted by Gasteiger charge is -2.22. The zero-order valence-electron chi connectivity index (χ0n) is 42.5. The maximum Gasteiger partial charge on any atom is 0.160 e. The molecule has 0 spiro atoms. The van der Waals surface area contributed by atoms with E-state index in [0.29, 0.717) is 17.0 Å². The zero-order valence-corrected chi connectivity index (χ0v) is 42.5. The second kappa shape index (κ2) is 18.3. The first kappa shape index (κ1) is 45.3. The third-order valence-electron chi connectivity index (χ3n) is 15.5. The summed E-state index contributed by atoms with van der Waals surface area (Å²) in [7, 11) is 0. The summed E-state index contributed by atoms with van der Waals surface area (Å²) in [5.74, 6) is 0.575. The number of rotatable bonds is 8. The molecule has 0 aliphatic rings. The van der Waals surface area contributed by atoms with Gasteiger partial charge in [-0.3, -0.25) is 0 Å². The first-order valence-corrected chi connectivity index (χ1v) is 26.3. The number of fused-ring (bicyclic) bond motifs is 9. The van der Waals surface area contributed by atoms with Crippen molar-refractivity contribution in [3.63, 3.8) is 0 Å². The minimum Gasteiger partial charge on any atom is -0.309 e. The Morgan fingerprint density at radius 1 is 0.278 bits per heavy atom. The van der Waals surface area contributed by atoms with Crippen LogP contribution in [0.4, 0.5) is 0 Å². The molecule has 11 aromatic carbocycles. The molecule has 0 aliphatic carbocycles. The third-order valence-corrected chi connectivity index (χ3v) is 15.5. The van der Waals surface area contributed by atoms with Crippen LogP contribution in [0.5, 0.6) is 0 Å². The molecule has 0 saturated heterocycles. The summed E-state index contributed by atoms with van der Waals surface area (Å²) in [5, 5.41) is 27.2. The first-order valence-electron chi connectivity index (χ1n) is 26.3. The predicted molar refractivity (Wildman–Crippen MR) is 322 cm³/mol. The molecule has 0 aliphatic heterocycles. The molecule has 0 N–H and O–H groups in total. The highest BCUT2D eigenvalue weighted by Crippen LogP contribution is 2.46. The third kappa shape index (κ3) is 7.41. The van der Waals surface area contributed by atoms with Crippen LogP contribution >= 0.6 is 0 Å². The van der Waals surface area contributed by atoms with Crippen molar-refractivity contribution >= 4 is 65.4 Å². The van der Waals surface area contributed by atoms with E-state index in [9.17, 15) is 10.5 Å². The van der Waals surface area contributed by atoms with Crippen LogP contribution < -0.4 is 0 Å². The zero-order chi connectivity index (χ0) is 52.6. The predicted octanol–water partition coefficient (Wildman–Crippen LogP) is 17.8. The van der Waals surface area contributed by atoms with E-state index in [1.165, 1.54) is 21.5 Å². The Hall–Kier alpha value is -11.1. The van der Waals surface area contributed by atoms with Crippen LogP contribution in [0.15, 0.2) is 261 Å². The lowest BCUT2D eigenvalue weighted by Crippen LogP contribution is -2.04. The maximum absolute atomic E-state index is 10.4. The van der Waals surface area contributed by atoms with Crippen LogP contribution in [0.2, 0.25) is 0 Å². The Balaban J connectivity index is 1.09. The van der Waals surface area contributed by atoms with Crippen LogP contribution in [0.1, 0.15) is 11.1 Å². The lowest BCUT2D eigenvalue weighted by atomic mass is 9.91. The van der Waals surface area contributed by atoms with E-state index >= 15 is 0 Å². The molecule has 0 bridgehead atoms. The van der Waals surface area contributed by atoms with Crippen molar-refractivity contribution in [3.05, 3.63) is 272 Å². The molecule has 0 fully saturated rings. The van der Waals surface area contributed by atoms with Gasteiger partial charge in [0, 0.05) is 71.5 Å². The minimum absolute atomic E-state index is 0.534. The minimum atomic E-state index is 0.534. The Labute approximate surface area is 454 Å². The van der Waals surface area contributed by atoms with Gasteiger partial charge in [0.05, 0.1) is 73.4 Å². The Bertz CT molecular complexity index is 4630. The van der Waals surface area contributed by atoms with Gasteiger partial charge >= 0.3 is 0 Å². The monoisotopic (exact) mass is 1010 g/mol. The van der Waals surface area contributed by atoms with E-state index in [1.54, 1.807) is 0 Å². The number of benzene rings is 11. The summed E-state index contributed by atoms with van der Waals surface area (Å²) < 4.78 is 7.05. The highest BCUT2D eigenvalue weighted by molar-refractivity contribution is 6.13. The van der Waals surface area contributed by atoms with E-state index in [2.05, 4.69) is 214 Å². The second-order valence-corrected chi connectivity index (χ2v) is 20.0. The molecule has 7 nitrogen and oxygen atoms in total. The molecular formula is C72H43N7. The average molecular weight is 1010 g/mol. The SMILES string of the molecule is N#Cc1ccc2c(c1)c1cc(C#N)ccc1n2-c1c(-c2cccc(-n3c4ccccc4c4ccccc43)c2)cc(-c2nc(-c3ccccc3)cc(-c3ccccc3)n2)cc1-c1cccc(-n2c3ccccc3c3ccccc32)c1. The van der Waals surface area contributed by atoms with Gasteiger partial charge in [-0.2, -0.15) is 10.5 Å². The van der Waals surface area contributed by atoms with E-state index < -0.39 is 0 Å². The van der Waals surface area contributed by atoms with E-state index in [4.69, 9.17) is 9.97 Å². The lowest BCUT2D eigenvalue weighted by molar-refractivity contribution is 1.16. The number of nitriles is 2. The number of hydrogen-bond acceptors (Lipinski definition) is 4. The first-order chi connectivity index (χ1) is 39.1. The summed E-state index contributed by atoms with van der Waals surface area (Å²) in [6, 6.07) is 95.8. The van der Waals surface area contributed by atoms with E-state index in [-0.39, 0.29) is 0 Å². The molecule has 4 aromatic heterocycles. The molecule has 15 rings (SSSR count). The molecule has 79 heavy (non-hydrogen) atoms. The van der Waals surface area contributed by atoms with Crippen LogP contribution in [0.25, 0.3) is 139 Å². The van der Waals surface area contributed by atoms with Gasteiger partial charge in [-0.1, -0.05) is 158 Å². The molecule has 0 atom stereocenters. The van der Waals surface area contributed by atoms with Gasteiger partial charge in [0.25, 0.3) is 0 Å². The summed E-state index contributed by atoms with van der Waals surface area (Å²) in [4.78, 5) is 10.9. The number of aromatic nitrogens is 5. The van der Waals surface area contributed by atoms with Crippen molar-refractivity contribution < 1.29 is 0 Å². The summed E-state index contributed by atoms with van der Waals surface area (Å²) in [6.45, 7) is 0. The Kier molecular flexibility index (Phi) is 10.5.